The van der Waals surface area contributed by atoms with Crippen molar-refractivity contribution >= 4 is 26.8 Å². The first kappa shape index (κ1) is 18.9. The number of rotatable bonds is 6. The van der Waals surface area contributed by atoms with E-state index in [1.807, 2.05) is 18.2 Å². The van der Waals surface area contributed by atoms with Crippen LogP contribution in [-0.4, -0.2) is 27.5 Å². The van der Waals surface area contributed by atoms with Gasteiger partial charge in [0.05, 0.1) is 12.0 Å². The van der Waals surface area contributed by atoms with Crippen molar-refractivity contribution in [2.45, 2.75) is 49.5 Å². The first-order valence-corrected chi connectivity index (χ1v) is 10.6. The number of hydrogen-bond acceptors (Lipinski definition) is 4. The maximum atomic E-state index is 13.0. The Morgan fingerprint density at radius 1 is 1.12 bits per heavy atom. The van der Waals surface area contributed by atoms with Crippen molar-refractivity contribution in [2.75, 3.05) is 7.11 Å². The molecule has 0 heterocycles. The Morgan fingerprint density at radius 3 is 2.54 bits per heavy atom. The van der Waals surface area contributed by atoms with Crippen LogP contribution in [0.5, 0.6) is 0 Å². The van der Waals surface area contributed by atoms with Gasteiger partial charge in [-0.3, -0.25) is 4.79 Å². The van der Waals surface area contributed by atoms with Crippen LogP contribution in [0.25, 0.3) is 10.8 Å². The summed E-state index contributed by atoms with van der Waals surface area (Å²) >= 11 is 0. The Kier molecular flexibility index (Phi) is 5.94. The molecule has 0 radical (unpaired) electrons. The van der Waals surface area contributed by atoms with E-state index in [9.17, 15) is 13.2 Å². The Hall–Kier alpha value is -1.92. The molecule has 0 aromatic heterocycles. The van der Waals surface area contributed by atoms with Crippen molar-refractivity contribution in [2.24, 2.45) is 5.92 Å². The topological polar surface area (TPSA) is 72.5 Å². The Morgan fingerprint density at radius 2 is 1.81 bits per heavy atom. The van der Waals surface area contributed by atoms with E-state index in [0.29, 0.717) is 17.7 Å². The third-order valence-corrected chi connectivity index (χ3v) is 6.65. The van der Waals surface area contributed by atoms with E-state index >= 15 is 0 Å². The Labute approximate surface area is 154 Å². The van der Waals surface area contributed by atoms with E-state index in [-0.39, 0.29) is 4.90 Å². The molecule has 1 unspecified atom stereocenters. The van der Waals surface area contributed by atoms with E-state index in [2.05, 4.69) is 4.72 Å². The molecule has 2 aromatic rings. The van der Waals surface area contributed by atoms with E-state index in [0.717, 1.165) is 31.1 Å². The minimum absolute atomic E-state index is 0.188. The van der Waals surface area contributed by atoms with Gasteiger partial charge in [-0.05, 0) is 23.8 Å². The summed E-state index contributed by atoms with van der Waals surface area (Å²) in [5, 5.41) is 1.49. The van der Waals surface area contributed by atoms with Gasteiger partial charge in [0.15, 0.2) is 0 Å². The van der Waals surface area contributed by atoms with Crippen LogP contribution in [0.3, 0.4) is 0 Å². The second kappa shape index (κ2) is 8.18. The van der Waals surface area contributed by atoms with Crippen LogP contribution in [0.2, 0.25) is 0 Å². The van der Waals surface area contributed by atoms with Gasteiger partial charge in [-0.1, -0.05) is 68.5 Å². The standard InChI is InChI=1S/C20H25NO4S/c1-25-20(22)18(14-15-8-3-2-4-9-15)21-26(23,24)19-13-7-11-16-10-5-6-12-17(16)19/h5-7,10-13,15,18,21H,2-4,8-9,14H2,1H3. The highest BCUT2D eigenvalue weighted by atomic mass is 32.2. The molecular formula is C20H25NO4S. The van der Waals surface area contributed by atoms with E-state index in [1.54, 1.807) is 24.3 Å². The molecule has 140 valence electrons. The quantitative estimate of drug-likeness (QED) is 0.783. The average molecular weight is 375 g/mol. The molecule has 1 fully saturated rings. The maximum absolute atomic E-state index is 13.0. The number of benzene rings is 2. The average Bonchev–Trinajstić information content (AvgIpc) is 2.67. The number of sulfonamides is 1. The molecule has 1 aliphatic rings. The minimum atomic E-state index is -3.84. The maximum Gasteiger partial charge on any atom is 0.323 e. The molecule has 3 rings (SSSR count). The van der Waals surface area contributed by atoms with Crippen LogP contribution in [0.1, 0.15) is 38.5 Å². The predicted octanol–water partition coefficient (Wildman–Crippen LogP) is 3.63. The van der Waals surface area contributed by atoms with Gasteiger partial charge in [-0.25, -0.2) is 8.42 Å². The van der Waals surface area contributed by atoms with E-state index in [4.69, 9.17) is 4.74 Å². The zero-order valence-electron chi connectivity index (χ0n) is 15.0. The molecule has 5 nitrogen and oxygen atoms in total. The first-order chi connectivity index (χ1) is 12.5. The van der Waals surface area contributed by atoms with Crippen LogP contribution < -0.4 is 4.72 Å². The van der Waals surface area contributed by atoms with Crippen molar-refractivity contribution in [3.63, 3.8) is 0 Å². The number of carbonyl (C=O) groups is 1. The largest absolute Gasteiger partial charge is 0.468 e. The number of nitrogens with one attached hydrogen (secondary N) is 1. The summed E-state index contributed by atoms with van der Waals surface area (Å²) in [6.07, 6.45) is 6.02. The van der Waals surface area contributed by atoms with Gasteiger partial charge in [-0.2, -0.15) is 4.72 Å². The van der Waals surface area contributed by atoms with Crippen LogP contribution in [0.4, 0.5) is 0 Å². The van der Waals surface area contributed by atoms with Crippen LogP contribution in [0.15, 0.2) is 47.4 Å². The smallest absolute Gasteiger partial charge is 0.323 e. The number of fused-ring (bicyclic) bond motifs is 1. The third-order valence-electron chi connectivity index (χ3n) is 5.12. The predicted molar refractivity (Wildman–Crippen MR) is 101 cm³/mol. The van der Waals surface area contributed by atoms with Gasteiger partial charge in [0.2, 0.25) is 10.0 Å². The Bertz CT molecular complexity index is 867. The zero-order valence-corrected chi connectivity index (χ0v) is 15.8. The highest BCUT2D eigenvalue weighted by Gasteiger charge is 2.30. The second-order valence-electron chi connectivity index (χ2n) is 6.91. The summed E-state index contributed by atoms with van der Waals surface area (Å²) in [6, 6.07) is 11.6. The van der Waals surface area contributed by atoms with E-state index < -0.39 is 22.0 Å². The fraction of sp³-hybridized carbons (Fsp3) is 0.450. The van der Waals surface area contributed by atoms with Crippen LogP contribution >= 0.6 is 0 Å². The number of methoxy groups -OCH3 is 1. The normalized spacial score (nSPS) is 17.1. The number of hydrogen-bond donors (Lipinski definition) is 1. The lowest BCUT2D eigenvalue weighted by Crippen LogP contribution is -2.43. The van der Waals surface area contributed by atoms with Gasteiger partial charge in [0.25, 0.3) is 0 Å². The molecule has 0 spiro atoms. The van der Waals surface area contributed by atoms with Gasteiger partial charge >= 0.3 is 5.97 Å². The van der Waals surface area contributed by atoms with Crippen molar-refractivity contribution in [1.29, 1.82) is 0 Å². The van der Waals surface area contributed by atoms with Gasteiger partial charge in [0.1, 0.15) is 6.04 Å². The number of esters is 1. The molecular weight excluding hydrogens is 350 g/mol. The van der Waals surface area contributed by atoms with Crippen molar-refractivity contribution in [3.8, 4) is 0 Å². The molecule has 0 amide bonds. The molecule has 1 N–H and O–H groups in total. The Balaban J connectivity index is 1.87. The van der Waals surface area contributed by atoms with Gasteiger partial charge in [0, 0.05) is 5.39 Å². The zero-order chi connectivity index (χ0) is 18.6. The van der Waals surface area contributed by atoms with Crippen LogP contribution in [0, 0.1) is 5.92 Å². The minimum Gasteiger partial charge on any atom is -0.468 e. The number of ether oxygens (including phenoxy) is 1. The molecule has 2 aromatic carbocycles. The fourth-order valence-corrected chi connectivity index (χ4v) is 5.20. The second-order valence-corrected chi connectivity index (χ2v) is 8.60. The summed E-state index contributed by atoms with van der Waals surface area (Å²) in [6.45, 7) is 0. The monoisotopic (exact) mass is 375 g/mol. The lowest BCUT2D eigenvalue weighted by Gasteiger charge is -2.25. The molecule has 1 saturated carbocycles. The molecule has 6 heteroatoms. The lowest BCUT2D eigenvalue weighted by atomic mass is 9.85. The highest BCUT2D eigenvalue weighted by Crippen LogP contribution is 2.29. The van der Waals surface area contributed by atoms with Crippen molar-refractivity contribution in [1.82, 2.24) is 4.72 Å². The van der Waals surface area contributed by atoms with Crippen molar-refractivity contribution < 1.29 is 17.9 Å². The molecule has 0 saturated heterocycles. The summed E-state index contributed by atoms with van der Waals surface area (Å²) in [4.78, 5) is 12.4. The lowest BCUT2D eigenvalue weighted by molar-refractivity contribution is -0.143. The highest BCUT2D eigenvalue weighted by molar-refractivity contribution is 7.89. The third kappa shape index (κ3) is 4.24. The molecule has 1 aliphatic carbocycles. The summed E-state index contributed by atoms with van der Waals surface area (Å²) in [7, 11) is -2.55. The SMILES string of the molecule is COC(=O)C(CC1CCCCC1)NS(=O)(=O)c1cccc2ccccc12. The summed E-state index contributed by atoms with van der Waals surface area (Å²) in [5.74, 6) is -0.178. The van der Waals surface area contributed by atoms with Gasteiger partial charge < -0.3 is 4.74 Å². The molecule has 0 bridgehead atoms. The molecule has 26 heavy (non-hydrogen) atoms. The van der Waals surface area contributed by atoms with E-state index in [1.165, 1.54) is 13.5 Å². The first-order valence-electron chi connectivity index (χ1n) is 9.09. The van der Waals surface area contributed by atoms with Gasteiger partial charge in [-0.15, -0.1) is 0 Å². The fourth-order valence-electron chi connectivity index (χ4n) is 3.77. The summed E-state index contributed by atoms with van der Waals surface area (Å²) < 4.78 is 33.5. The summed E-state index contributed by atoms with van der Waals surface area (Å²) in [5.41, 5.74) is 0. The molecule has 0 aliphatic heterocycles. The number of carbonyl (C=O) groups excluding carboxylic acids is 1. The van der Waals surface area contributed by atoms with Crippen molar-refractivity contribution in [3.05, 3.63) is 42.5 Å². The molecule has 1 atom stereocenters. The van der Waals surface area contributed by atoms with Crippen LogP contribution in [-0.2, 0) is 19.6 Å².